The third-order valence-corrected chi connectivity index (χ3v) is 4.61. The second kappa shape index (κ2) is 6.29. The summed E-state index contributed by atoms with van der Waals surface area (Å²) in [5, 5.41) is 9.39. The number of hydrogen-bond acceptors (Lipinski definition) is 5. The summed E-state index contributed by atoms with van der Waals surface area (Å²) < 4.78 is 18.9. The van der Waals surface area contributed by atoms with Crippen molar-refractivity contribution >= 4 is 11.0 Å². The van der Waals surface area contributed by atoms with Crippen molar-refractivity contribution in [1.82, 2.24) is 9.55 Å². The zero-order valence-corrected chi connectivity index (χ0v) is 14.3. The van der Waals surface area contributed by atoms with Gasteiger partial charge in [0, 0.05) is 24.5 Å². The van der Waals surface area contributed by atoms with E-state index in [0.717, 1.165) is 45.1 Å². The van der Waals surface area contributed by atoms with Crippen molar-refractivity contribution in [1.29, 1.82) is 0 Å². The topological polar surface area (TPSA) is 65.7 Å². The highest BCUT2D eigenvalue weighted by atomic mass is 16.7. The lowest BCUT2D eigenvalue weighted by Gasteiger charge is -2.12. The van der Waals surface area contributed by atoms with Gasteiger partial charge in [-0.05, 0) is 37.1 Å². The maximum Gasteiger partial charge on any atom is 0.231 e. The van der Waals surface area contributed by atoms with E-state index in [9.17, 15) is 5.11 Å². The molecule has 25 heavy (non-hydrogen) atoms. The number of ether oxygens (including phenoxy) is 3. The lowest BCUT2D eigenvalue weighted by atomic mass is 10.2. The monoisotopic (exact) mass is 340 g/mol. The molecule has 0 fully saturated rings. The van der Waals surface area contributed by atoms with Gasteiger partial charge in [-0.3, -0.25) is 4.98 Å². The SMILES string of the molecule is Cc1c(C)n(CCO)c2c(OCc3ccc4c(c3)OCO4)ccnc12. The molecule has 3 aromatic rings. The first-order chi connectivity index (χ1) is 12.2. The molecule has 0 saturated heterocycles. The Morgan fingerprint density at radius 3 is 2.88 bits per heavy atom. The smallest absolute Gasteiger partial charge is 0.231 e. The van der Waals surface area contributed by atoms with Crippen molar-refractivity contribution in [2.45, 2.75) is 27.0 Å². The van der Waals surface area contributed by atoms with Gasteiger partial charge in [0.1, 0.15) is 17.9 Å². The number of aliphatic hydroxyl groups is 1. The minimum absolute atomic E-state index is 0.0700. The van der Waals surface area contributed by atoms with Crippen LogP contribution < -0.4 is 14.2 Å². The lowest BCUT2D eigenvalue weighted by Crippen LogP contribution is -2.05. The highest BCUT2D eigenvalue weighted by Gasteiger charge is 2.17. The Morgan fingerprint density at radius 1 is 1.20 bits per heavy atom. The first-order valence-electron chi connectivity index (χ1n) is 8.25. The molecule has 130 valence electrons. The molecule has 0 atom stereocenters. The van der Waals surface area contributed by atoms with Crippen LogP contribution in [0.5, 0.6) is 17.2 Å². The minimum Gasteiger partial charge on any atom is -0.487 e. The van der Waals surface area contributed by atoms with Gasteiger partial charge in [-0.1, -0.05) is 6.07 Å². The Kier molecular flexibility index (Phi) is 3.97. The number of fused-ring (bicyclic) bond motifs is 2. The molecule has 0 radical (unpaired) electrons. The van der Waals surface area contributed by atoms with Crippen LogP contribution in [0, 0.1) is 13.8 Å². The molecule has 1 aliphatic heterocycles. The number of nitrogens with zero attached hydrogens (tertiary/aromatic N) is 2. The Morgan fingerprint density at radius 2 is 2.04 bits per heavy atom. The van der Waals surface area contributed by atoms with Crippen LogP contribution in [0.1, 0.15) is 16.8 Å². The maximum absolute atomic E-state index is 9.39. The molecular weight excluding hydrogens is 320 g/mol. The number of aryl methyl sites for hydroxylation is 1. The van der Waals surface area contributed by atoms with E-state index >= 15 is 0 Å². The first-order valence-corrected chi connectivity index (χ1v) is 8.25. The Balaban J connectivity index is 1.66. The molecule has 1 N–H and O–H groups in total. The zero-order valence-electron chi connectivity index (χ0n) is 14.3. The minimum atomic E-state index is 0.0700. The van der Waals surface area contributed by atoms with Gasteiger partial charge >= 0.3 is 0 Å². The van der Waals surface area contributed by atoms with Gasteiger partial charge in [0.15, 0.2) is 11.5 Å². The van der Waals surface area contributed by atoms with Crippen molar-refractivity contribution < 1.29 is 19.3 Å². The highest BCUT2D eigenvalue weighted by molar-refractivity contribution is 5.86. The van der Waals surface area contributed by atoms with Crippen LogP contribution in [0.2, 0.25) is 0 Å². The van der Waals surface area contributed by atoms with Crippen molar-refractivity contribution in [2.75, 3.05) is 13.4 Å². The summed E-state index contributed by atoms with van der Waals surface area (Å²) >= 11 is 0. The van der Waals surface area contributed by atoms with Gasteiger partial charge in [-0.2, -0.15) is 0 Å². The van der Waals surface area contributed by atoms with E-state index in [4.69, 9.17) is 14.2 Å². The molecule has 0 aliphatic carbocycles. The van der Waals surface area contributed by atoms with Crippen LogP contribution in [0.25, 0.3) is 11.0 Å². The van der Waals surface area contributed by atoms with Crippen LogP contribution in [-0.2, 0) is 13.2 Å². The van der Waals surface area contributed by atoms with E-state index in [-0.39, 0.29) is 13.4 Å². The number of hydrogen-bond donors (Lipinski definition) is 1. The molecule has 0 spiro atoms. The summed E-state index contributed by atoms with van der Waals surface area (Å²) in [4.78, 5) is 4.49. The molecule has 0 amide bonds. The van der Waals surface area contributed by atoms with Crippen molar-refractivity contribution in [3.63, 3.8) is 0 Å². The van der Waals surface area contributed by atoms with E-state index in [1.165, 1.54) is 0 Å². The van der Waals surface area contributed by atoms with Crippen LogP contribution in [0.3, 0.4) is 0 Å². The summed E-state index contributed by atoms with van der Waals surface area (Å²) in [5.41, 5.74) is 5.04. The predicted octanol–water partition coefficient (Wildman–Crippen LogP) is 2.95. The number of aliphatic hydroxyl groups excluding tert-OH is 1. The second-order valence-corrected chi connectivity index (χ2v) is 6.07. The van der Waals surface area contributed by atoms with Crippen LogP contribution >= 0.6 is 0 Å². The van der Waals surface area contributed by atoms with Gasteiger partial charge in [0.05, 0.1) is 12.1 Å². The van der Waals surface area contributed by atoms with Crippen molar-refractivity contribution in [3.8, 4) is 17.2 Å². The first kappa shape index (κ1) is 15.8. The molecule has 1 aromatic carbocycles. The maximum atomic E-state index is 9.39. The number of aromatic nitrogens is 2. The van der Waals surface area contributed by atoms with Crippen molar-refractivity contribution in [3.05, 3.63) is 47.3 Å². The van der Waals surface area contributed by atoms with Crippen LogP contribution in [-0.4, -0.2) is 28.1 Å². The van der Waals surface area contributed by atoms with E-state index in [1.807, 2.05) is 38.1 Å². The standard InChI is InChI=1S/C19H20N2O4/c1-12-13(2)21(7-8-22)19-16(5-6-20-18(12)19)23-10-14-3-4-15-17(9-14)25-11-24-15/h3-6,9,22H,7-8,10-11H2,1-2H3. The number of benzene rings is 1. The van der Waals surface area contributed by atoms with E-state index in [2.05, 4.69) is 9.55 Å². The summed E-state index contributed by atoms with van der Waals surface area (Å²) in [7, 11) is 0. The quantitative estimate of drug-likeness (QED) is 0.773. The predicted molar refractivity (Wildman–Crippen MR) is 93.2 cm³/mol. The average molecular weight is 340 g/mol. The largest absolute Gasteiger partial charge is 0.487 e. The molecule has 2 aromatic heterocycles. The van der Waals surface area contributed by atoms with Gasteiger partial charge in [-0.25, -0.2) is 0 Å². The summed E-state index contributed by atoms with van der Waals surface area (Å²) in [6, 6.07) is 7.66. The molecule has 4 rings (SSSR count). The second-order valence-electron chi connectivity index (χ2n) is 6.07. The van der Waals surface area contributed by atoms with Gasteiger partial charge in [-0.15, -0.1) is 0 Å². The Hall–Kier alpha value is -2.73. The van der Waals surface area contributed by atoms with Crippen LogP contribution in [0.15, 0.2) is 30.5 Å². The van der Waals surface area contributed by atoms with Gasteiger partial charge < -0.3 is 23.9 Å². The molecular formula is C19H20N2O4. The average Bonchev–Trinajstić information content (AvgIpc) is 3.19. The summed E-state index contributed by atoms with van der Waals surface area (Å²) in [5.74, 6) is 2.27. The fraction of sp³-hybridized carbons (Fsp3) is 0.316. The molecule has 6 heteroatoms. The van der Waals surface area contributed by atoms with Crippen LogP contribution in [0.4, 0.5) is 0 Å². The fourth-order valence-electron chi connectivity index (χ4n) is 3.20. The molecule has 0 unspecified atom stereocenters. The Bertz CT molecular complexity index is 933. The number of pyridine rings is 1. The number of rotatable bonds is 5. The van der Waals surface area contributed by atoms with E-state index < -0.39 is 0 Å². The van der Waals surface area contributed by atoms with E-state index in [1.54, 1.807) is 6.20 Å². The summed E-state index contributed by atoms with van der Waals surface area (Å²) in [6.45, 7) is 5.34. The van der Waals surface area contributed by atoms with Gasteiger partial charge in [0.2, 0.25) is 6.79 Å². The lowest BCUT2D eigenvalue weighted by molar-refractivity contribution is 0.174. The molecule has 0 bridgehead atoms. The highest BCUT2D eigenvalue weighted by Crippen LogP contribution is 2.34. The zero-order chi connectivity index (χ0) is 17.4. The normalized spacial score (nSPS) is 12.8. The molecule has 6 nitrogen and oxygen atoms in total. The third-order valence-electron chi connectivity index (χ3n) is 4.61. The summed E-state index contributed by atoms with van der Waals surface area (Å²) in [6.07, 6.45) is 1.76. The van der Waals surface area contributed by atoms with Crippen molar-refractivity contribution in [2.24, 2.45) is 0 Å². The Labute approximate surface area is 145 Å². The molecule has 3 heterocycles. The van der Waals surface area contributed by atoms with E-state index in [0.29, 0.717) is 13.2 Å². The third kappa shape index (κ3) is 2.68. The molecule has 0 saturated carbocycles. The fourth-order valence-corrected chi connectivity index (χ4v) is 3.20. The molecule has 1 aliphatic rings. The van der Waals surface area contributed by atoms with Gasteiger partial charge in [0.25, 0.3) is 0 Å².